The number of hydrogen-bond donors (Lipinski definition) is 1. The van der Waals surface area contributed by atoms with Crippen molar-refractivity contribution in [2.24, 2.45) is 0 Å². The van der Waals surface area contributed by atoms with Gasteiger partial charge in [0.25, 0.3) is 0 Å². The molecule has 0 saturated carbocycles. The Hall–Kier alpha value is -2.23. The average molecular weight is 258 g/mol. The number of carbonyl (C=O) groups excluding carboxylic acids is 1. The third kappa shape index (κ3) is 3.88. The minimum atomic E-state index is 0.0638. The van der Waals surface area contributed by atoms with E-state index in [2.05, 4.69) is 5.32 Å². The van der Waals surface area contributed by atoms with Gasteiger partial charge >= 0.3 is 0 Å². The van der Waals surface area contributed by atoms with Gasteiger partial charge in [-0.15, -0.1) is 0 Å². The Kier molecular flexibility index (Phi) is 4.23. The topological polar surface area (TPSA) is 45.5 Å². The Balaban J connectivity index is 1.96. The van der Waals surface area contributed by atoms with Crippen LogP contribution in [0.2, 0.25) is 0 Å². The molecule has 1 heterocycles. The molecular formula is C15H18N2O2. The Bertz CT molecular complexity index is 535. The third-order valence-corrected chi connectivity index (χ3v) is 2.93. The Morgan fingerprint density at radius 1 is 1.32 bits per heavy atom. The van der Waals surface area contributed by atoms with Crippen LogP contribution in [0.15, 0.2) is 47.1 Å². The van der Waals surface area contributed by atoms with Crippen molar-refractivity contribution < 1.29 is 9.21 Å². The van der Waals surface area contributed by atoms with E-state index in [0.29, 0.717) is 13.1 Å². The van der Waals surface area contributed by atoms with Crippen LogP contribution < -0.4 is 5.32 Å². The number of hydrogen-bond acceptors (Lipinski definition) is 3. The van der Waals surface area contributed by atoms with Crippen molar-refractivity contribution in [3.05, 3.63) is 54.0 Å². The zero-order chi connectivity index (χ0) is 13.7. The fourth-order valence-electron chi connectivity index (χ4n) is 1.77. The molecule has 0 atom stereocenters. The quantitative estimate of drug-likeness (QED) is 0.897. The van der Waals surface area contributed by atoms with Crippen LogP contribution in [0.1, 0.15) is 18.2 Å². The van der Waals surface area contributed by atoms with Gasteiger partial charge in [0.15, 0.2) is 0 Å². The fraction of sp³-hybridized carbons (Fsp3) is 0.267. The molecule has 1 aromatic heterocycles. The van der Waals surface area contributed by atoms with Crippen LogP contribution in [0.3, 0.4) is 0 Å². The summed E-state index contributed by atoms with van der Waals surface area (Å²) in [5, 5.41) is 3.29. The van der Waals surface area contributed by atoms with Gasteiger partial charge in [-0.05, 0) is 29.8 Å². The highest BCUT2D eigenvalue weighted by Gasteiger charge is 2.04. The standard InChI is InChI=1S/C15H18N2O2/c1-12(18)17(2)11-13-5-3-6-14(9-13)16-10-15-7-4-8-19-15/h3-9,16H,10-11H2,1-2H3. The molecule has 0 aliphatic rings. The van der Waals surface area contributed by atoms with Crippen LogP contribution in [-0.2, 0) is 17.9 Å². The first-order valence-corrected chi connectivity index (χ1v) is 6.22. The molecule has 1 aromatic carbocycles. The van der Waals surface area contributed by atoms with Gasteiger partial charge in [0.2, 0.25) is 5.91 Å². The molecule has 19 heavy (non-hydrogen) atoms. The molecule has 2 aromatic rings. The number of nitrogens with one attached hydrogen (secondary N) is 1. The molecule has 0 radical (unpaired) electrons. The number of furan rings is 1. The number of nitrogens with zero attached hydrogens (tertiary/aromatic N) is 1. The van der Waals surface area contributed by atoms with Crippen molar-refractivity contribution in [1.29, 1.82) is 0 Å². The van der Waals surface area contributed by atoms with E-state index in [4.69, 9.17) is 4.42 Å². The van der Waals surface area contributed by atoms with Crippen molar-refractivity contribution in [2.45, 2.75) is 20.0 Å². The molecule has 0 saturated heterocycles. The summed E-state index contributed by atoms with van der Waals surface area (Å²) in [5.41, 5.74) is 2.12. The number of carbonyl (C=O) groups is 1. The van der Waals surface area contributed by atoms with Crippen LogP contribution in [0.4, 0.5) is 5.69 Å². The average Bonchev–Trinajstić information content (AvgIpc) is 2.90. The third-order valence-electron chi connectivity index (χ3n) is 2.93. The zero-order valence-electron chi connectivity index (χ0n) is 11.2. The van der Waals surface area contributed by atoms with E-state index < -0.39 is 0 Å². The zero-order valence-corrected chi connectivity index (χ0v) is 11.2. The Morgan fingerprint density at radius 2 is 2.16 bits per heavy atom. The summed E-state index contributed by atoms with van der Waals surface area (Å²) in [4.78, 5) is 12.9. The molecule has 2 rings (SSSR count). The number of amides is 1. The van der Waals surface area contributed by atoms with Crippen LogP contribution in [0.25, 0.3) is 0 Å². The van der Waals surface area contributed by atoms with Crippen molar-refractivity contribution in [3.8, 4) is 0 Å². The van der Waals surface area contributed by atoms with Gasteiger partial charge < -0.3 is 14.6 Å². The maximum absolute atomic E-state index is 11.2. The van der Waals surface area contributed by atoms with Gasteiger partial charge in [-0.3, -0.25) is 4.79 Å². The fourth-order valence-corrected chi connectivity index (χ4v) is 1.77. The lowest BCUT2D eigenvalue weighted by molar-refractivity contribution is -0.128. The van der Waals surface area contributed by atoms with Gasteiger partial charge in [-0.1, -0.05) is 12.1 Å². The van der Waals surface area contributed by atoms with Crippen LogP contribution in [-0.4, -0.2) is 17.9 Å². The molecule has 0 fully saturated rings. The molecule has 0 unspecified atom stereocenters. The Morgan fingerprint density at radius 3 is 2.84 bits per heavy atom. The largest absolute Gasteiger partial charge is 0.467 e. The first-order valence-electron chi connectivity index (χ1n) is 6.22. The highest BCUT2D eigenvalue weighted by atomic mass is 16.3. The molecule has 100 valence electrons. The predicted octanol–water partition coefficient (Wildman–Crippen LogP) is 2.87. The molecule has 1 amide bonds. The molecule has 4 nitrogen and oxygen atoms in total. The minimum absolute atomic E-state index is 0.0638. The van der Waals surface area contributed by atoms with Gasteiger partial charge in [0.1, 0.15) is 5.76 Å². The molecule has 0 bridgehead atoms. The molecule has 1 N–H and O–H groups in total. The van der Waals surface area contributed by atoms with Crippen molar-refractivity contribution in [2.75, 3.05) is 12.4 Å². The molecule has 0 aliphatic heterocycles. The van der Waals surface area contributed by atoms with E-state index in [0.717, 1.165) is 17.0 Å². The van der Waals surface area contributed by atoms with E-state index in [1.165, 1.54) is 0 Å². The first kappa shape index (κ1) is 13.2. The van der Waals surface area contributed by atoms with Crippen LogP contribution in [0.5, 0.6) is 0 Å². The van der Waals surface area contributed by atoms with Crippen LogP contribution >= 0.6 is 0 Å². The van der Waals surface area contributed by atoms with Gasteiger partial charge in [0.05, 0.1) is 12.8 Å². The van der Waals surface area contributed by atoms with E-state index in [1.807, 2.05) is 36.4 Å². The van der Waals surface area contributed by atoms with E-state index >= 15 is 0 Å². The van der Waals surface area contributed by atoms with E-state index in [9.17, 15) is 4.79 Å². The van der Waals surface area contributed by atoms with Crippen molar-refractivity contribution in [3.63, 3.8) is 0 Å². The lowest BCUT2D eigenvalue weighted by atomic mass is 10.2. The summed E-state index contributed by atoms with van der Waals surface area (Å²) in [6.07, 6.45) is 1.66. The van der Waals surface area contributed by atoms with Gasteiger partial charge in [-0.2, -0.15) is 0 Å². The van der Waals surface area contributed by atoms with Crippen LogP contribution in [0, 0.1) is 0 Å². The number of benzene rings is 1. The highest BCUT2D eigenvalue weighted by Crippen LogP contribution is 2.13. The number of anilines is 1. The summed E-state index contributed by atoms with van der Waals surface area (Å²) in [7, 11) is 1.80. The summed E-state index contributed by atoms with van der Waals surface area (Å²) in [6.45, 7) is 2.84. The Labute approximate surface area is 113 Å². The van der Waals surface area contributed by atoms with Gasteiger partial charge in [0, 0.05) is 26.2 Å². The van der Waals surface area contributed by atoms with E-state index in [-0.39, 0.29) is 5.91 Å². The summed E-state index contributed by atoms with van der Waals surface area (Å²) >= 11 is 0. The predicted molar refractivity (Wildman–Crippen MR) is 74.6 cm³/mol. The SMILES string of the molecule is CC(=O)N(C)Cc1cccc(NCc2ccco2)c1. The molecule has 0 aliphatic carbocycles. The maximum atomic E-state index is 11.2. The molecule has 4 heteroatoms. The lowest BCUT2D eigenvalue weighted by Gasteiger charge is -2.15. The van der Waals surface area contributed by atoms with Crippen molar-refractivity contribution >= 4 is 11.6 Å². The summed E-state index contributed by atoms with van der Waals surface area (Å²) in [5.74, 6) is 0.959. The van der Waals surface area contributed by atoms with E-state index in [1.54, 1.807) is 25.1 Å². The molecular weight excluding hydrogens is 240 g/mol. The first-order chi connectivity index (χ1) is 9.15. The lowest BCUT2D eigenvalue weighted by Crippen LogP contribution is -2.22. The van der Waals surface area contributed by atoms with Crippen molar-refractivity contribution in [1.82, 2.24) is 4.90 Å². The highest BCUT2D eigenvalue weighted by molar-refractivity contribution is 5.72. The second-order valence-electron chi connectivity index (χ2n) is 4.51. The minimum Gasteiger partial charge on any atom is -0.467 e. The smallest absolute Gasteiger partial charge is 0.219 e. The second kappa shape index (κ2) is 6.09. The monoisotopic (exact) mass is 258 g/mol. The number of rotatable bonds is 5. The maximum Gasteiger partial charge on any atom is 0.219 e. The summed E-state index contributed by atoms with van der Waals surface area (Å²) in [6, 6.07) is 11.8. The normalized spacial score (nSPS) is 10.2. The molecule has 0 spiro atoms. The second-order valence-corrected chi connectivity index (χ2v) is 4.51. The van der Waals surface area contributed by atoms with Gasteiger partial charge in [-0.25, -0.2) is 0 Å². The summed E-state index contributed by atoms with van der Waals surface area (Å²) < 4.78 is 5.27.